The van der Waals surface area contributed by atoms with Gasteiger partial charge >= 0.3 is 0 Å². The minimum atomic E-state index is -3.75. The average molecular weight is 315 g/mol. The highest BCUT2D eigenvalue weighted by atomic mass is 32.2. The lowest BCUT2D eigenvalue weighted by Gasteiger charge is -2.37. The first-order valence-corrected chi connectivity index (χ1v) is 8.22. The van der Waals surface area contributed by atoms with Gasteiger partial charge < -0.3 is 9.84 Å². The van der Waals surface area contributed by atoms with Crippen LogP contribution in [0.15, 0.2) is 17.0 Å². The molecule has 0 fully saturated rings. The summed E-state index contributed by atoms with van der Waals surface area (Å²) in [4.78, 5) is 0.223. The molecule has 5 nitrogen and oxygen atoms in total. The minimum absolute atomic E-state index is 0.223. The van der Waals surface area contributed by atoms with Crippen LogP contribution in [0.4, 0.5) is 0 Å². The molecule has 0 bridgehead atoms. The van der Waals surface area contributed by atoms with Crippen molar-refractivity contribution in [1.29, 1.82) is 0 Å². The van der Waals surface area contributed by atoms with Crippen molar-refractivity contribution in [3.8, 4) is 5.75 Å². The molecule has 0 spiro atoms. The van der Waals surface area contributed by atoms with Gasteiger partial charge in [0.25, 0.3) is 0 Å². The molecule has 0 saturated carbocycles. The maximum atomic E-state index is 12.7. The number of ether oxygens (including phenoxy) is 1. The molecule has 0 aliphatic rings. The number of benzene rings is 1. The van der Waals surface area contributed by atoms with Crippen LogP contribution in [-0.4, -0.2) is 31.8 Å². The van der Waals surface area contributed by atoms with Crippen LogP contribution in [0.5, 0.6) is 5.75 Å². The monoisotopic (exact) mass is 315 g/mol. The van der Waals surface area contributed by atoms with Crippen molar-refractivity contribution in [3.05, 3.63) is 23.3 Å². The lowest BCUT2D eigenvalue weighted by molar-refractivity contribution is 0.00637. The standard InChI is InChI=1S/C15H25NO4S/c1-10-8-12(20-7)9-11(2)13(10)21(18,19)16-14(3,4)15(5,6)17/h8-9,16-17H,1-7H3. The predicted molar refractivity (Wildman–Crippen MR) is 83.2 cm³/mol. The Morgan fingerprint density at radius 2 is 1.52 bits per heavy atom. The fraction of sp³-hybridized carbons (Fsp3) is 0.600. The zero-order chi connectivity index (χ0) is 16.6. The molecule has 0 saturated heterocycles. The van der Waals surface area contributed by atoms with Crippen molar-refractivity contribution < 1.29 is 18.3 Å². The Morgan fingerprint density at radius 3 is 1.86 bits per heavy atom. The van der Waals surface area contributed by atoms with Crippen molar-refractivity contribution in [1.82, 2.24) is 4.72 Å². The van der Waals surface area contributed by atoms with E-state index in [0.29, 0.717) is 16.9 Å². The second-order valence-electron chi connectivity index (χ2n) is 6.38. The maximum Gasteiger partial charge on any atom is 0.241 e. The number of sulfonamides is 1. The SMILES string of the molecule is COc1cc(C)c(S(=O)(=O)NC(C)(C)C(C)(C)O)c(C)c1. The van der Waals surface area contributed by atoms with E-state index in [9.17, 15) is 13.5 Å². The molecule has 1 rings (SSSR count). The first-order valence-electron chi connectivity index (χ1n) is 6.73. The molecule has 21 heavy (non-hydrogen) atoms. The van der Waals surface area contributed by atoms with Crippen LogP contribution in [0, 0.1) is 13.8 Å². The molecule has 120 valence electrons. The molecule has 6 heteroatoms. The zero-order valence-electron chi connectivity index (χ0n) is 13.7. The molecule has 1 aromatic rings. The molecule has 0 radical (unpaired) electrons. The van der Waals surface area contributed by atoms with Crippen LogP contribution in [-0.2, 0) is 10.0 Å². The second-order valence-corrected chi connectivity index (χ2v) is 8.00. The number of hydrogen-bond donors (Lipinski definition) is 2. The fourth-order valence-corrected chi connectivity index (χ4v) is 3.95. The number of methoxy groups -OCH3 is 1. The lowest BCUT2D eigenvalue weighted by atomic mass is 9.87. The van der Waals surface area contributed by atoms with Crippen LogP contribution in [0.3, 0.4) is 0 Å². The van der Waals surface area contributed by atoms with E-state index in [1.807, 2.05) is 0 Å². The van der Waals surface area contributed by atoms with Gasteiger partial charge in [0.2, 0.25) is 10.0 Å². The highest BCUT2D eigenvalue weighted by Gasteiger charge is 2.39. The van der Waals surface area contributed by atoms with E-state index in [1.54, 1.807) is 53.7 Å². The summed E-state index contributed by atoms with van der Waals surface area (Å²) in [5, 5.41) is 10.1. The smallest absolute Gasteiger partial charge is 0.241 e. The predicted octanol–water partition coefficient (Wildman–Crippen LogP) is 2.14. The quantitative estimate of drug-likeness (QED) is 0.873. The van der Waals surface area contributed by atoms with Gasteiger partial charge in [-0.3, -0.25) is 0 Å². The summed E-state index contributed by atoms with van der Waals surface area (Å²) in [7, 11) is -2.21. The average Bonchev–Trinajstić information content (AvgIpc) is 2.23. The normalized spacial score (nSPS) is 13.3. The van der Waals surface area contributed by atoms with E-state index in [2.05, 4.69) is 4.72 Å². The molecule has 0 heterocycles. The largest absolute Gasteiger partial charge is 0.497 e. The highest BCUT2D eigenvalue weighted by Crippen LogP contribution is 2.29. The third kappa shape index (κ3) is 3.75. The van der Waals surface area contributed by atoms with Crippen LogP contribution in [0.25, 0.3) is 0 Å². The van der Waals surface area contributed by atoms with Gasteiger partial charge in [0, 0.05) is 0 Å². The lowest BCUT2D eigenvalue weighted by Crippen LogP contribution is -2.57. The van der Waals surface area contributed by atoms with Gasteiger partial charge in [-0.2, -0.15) is 0 Å². The van der Waals surface area contributed by atoms with Gasteiger partial charge in [-0.25, -0.2) is 13.1 Å². The molecule has 1 aromatic carbocycles. The van der Waals surface area contributed by atoms with E-state index in [-0.39, 0.29) is 4.90 Å². The first-order chi connectivity index (χ1) is 9.32. The second kappa shape index (κ2) is 5.59. The zero-order valence-corrected chi connectivity index (χ0v) is 14.6. The van der Waals surface area contributed by atoms with Crippen LogP contribution in [0.1, 0.15) is 38.8 Å². The Labute approximate surface area is 127 Å². The summed E-state index contributed by atoms with van der Waals surface area (Å²) in [6, 6.07) is 3.36. The number of nitrogens with one attached hydrogen (secondary N) is 1. The topological polar surface area (TPSA) is 75.6 Å². The van der Waals surface area contributed by atoms with Crippen molar-refractivity contribution in [2.75, 3.05) is 7.11 Å². The van der Waals surface area contributed by atoms with E-state index >= 15 is 0 Å². The Hall–Kier alpha value is -1.11. The Bertz CT molecular complexity index is 605. The first kappa shape index (κ1) is 17.9. The van der Waals surface area contributed by atoms with E-state index in [1.165, 1.54) is 7.11 Å². The van der Waals surface area contributed by atoms with Crippen LogP contribution in [0.2, 0.25) is 0 Å². The van der Waals surface area contributed by atoms with Crippen molar-refractivity contribution in [2.45, 2.75) is 57.6 Å². The summed E-state index contributed by atoms with van der Waals surface area (Å²) in [6.45, 7) is 9.90. The Balaban J connectivity index is 3.34. The van der Waals surface area contributed by atoms with Gasteiger partial charge in [-0.1, -0.05) is 0 Å². The van der Waals surface area contributed by atoms with E-state index in [4.69, 9.17) is 4.74 Å². The number of aliphatic hydroxyl groups is 1. The summed E-state index contributed by atoms with van der Waals surface area (Å²) in [6.07, 6.45) is 0. The summed E-state index contributed by atoms with van der Waals surface area (Å²) >= 11 is 0. The fourth-order valence-electron chi connectivity index (χ4n) is 1.96. The summed E-state index contributed by atoms with van der Waals surface area (Å²) < 4.78 is 33.1. The maximum absolute atomic E-state index is 12.7. The molecule has 0 amide bonds. The highest BCUT2D eigenvalue weighted by molar-refractivity contribution is 7.89. The number of rotatable bonds is 5. The van der Waals surface area contributed by atoms with Gasteiger partial charge in [0.15, 0.2) is 0 Å². The van der Waals surface area contributed by atoms with Gasteiger partial charge in [0.1, 0.15) is 5.75 Å². The molecule has 0 atom stereocenters. The van der Waals surface area contributed by atoms with Crippen molar-refractivity contribution in [2.24, 2.45) is 0 Å². The molecule has 0 aliphatic heterocycles. The number of aryl methyl sites for hydroxylation is 2. The third-order valence-electron chi connectivity index (χ3n) is 3.86. The molecular weight excluding hydrogens is 290 g/mol. The van der Waals surface area contributed by atoms with Crippen molar-refractivity contribution >= 4 is 10.0 Å². The molecule has 2 N–H and O–H groups in total. The van der Waals surface area contributed by atoms with Crippen LogP contribution < -0.4 is 9.46 Å². The van der Waals surface area contributed by atoms with Gasteiger partial charge in [0.05, 0.1) is 23.1 Å². The van der Waals surface area contributed by atoms with Gasteiger partial charge in [-0.15, -0.1) is 0 Å². The molecule has 0 unspecified atom stereocenters. The Kier molecular flexibility index (Phi) is 4.77. The summed E-state index contributed by atoms with van der Waals surface area (Å²) in [5.41, 5.74) is -1.00. The molecule has 0 aromatic heterocycles. The summed E-state index contributed by atoms with van der Waals surface area (Å²) in [5.74, 6) is 0.616. The van der Waals surface area contributed by atoms with Crippen LogP contribution >= 0.6 is 0 Å². The molecule has 0 aliphatic carbocycles. The minimum Gasteiger partial charge on any atom is -0.497 e. The van der Waals surface area contributed by atoms with E-state index in [0.717, 1.165) is 0 Å². The van der Waals surface area contributed by atoms with E-state index < -0.39 is 21.2 Å². The van der Waals surface area contributed by atoms with Gasteiger partial charge in [-0.05, 0) is 64.8 Å². The Morgan fingerprint density at radius 1 is 1.10 bits per heavy atom. The third-order valence-corrected chi connectivity index (χ3v) is 5.82. The number of hydrogen-bond acceptors (Lipinski definition) is 4. The molecular formula is C15H25NO4S. The van der Waals surface area contributed by atoms with Crippen molar-refractivity contribution in [3.63, 3.8) is 0 Å².